The van der Waals surface area contributed by atoms with Crippen molar-refractivity contribution in [3.8, 4) is 0 Å². The van der Waals surface area contributed by atoms with E-state index in [2.05, 4.69) is 36.5 Å². The number of furan rings is 1. The number of hydrogen-bond donors (Lipinski definition) is 1. The maximum atomic E-state index is 5.49. The molecule has 0 atom stereocenters. The zero-order valence-electron chi connectivity index (χ0n) is 11.9. The summed E-state index contributed by atoms with van der Waals surface area (Å²) in [5.41, 5.74) is 2.43. The van der Waals surface area contributed by atoms with Crippen LogP contribution in [0, 0.1) is 6.92 Å². The first-order valence-corrected chi connectivity index (χ1v) is 8.23. The van der Waals surface area contributed by atoms with Crippen LogP contribution in [0.15, 0.2) is 45.9 Å². The van der Waals surface area contributed by atoms with Gasteiger partial charge in [0.25, 0.3) is 0 Å². The van der Waals surface area contributed by atoms with Gasteiger partial charge >= 0.3 is 0 Å². The Kier molecular flexibility index (Phi) is 4.36. The minimum atomic E-state index is 0.751. The van der Waals surface area contributed by atoms with Crippen LogP contribution < -0.4 is 5.32 Å². The van der Waals surface area contributed by atoms with Gasteiger partial charge in [0.1, 0.15) is 5.76 Å². The third-order valence-electron chi connectivity index (χ3n) is 3.89. The fourth-order valence-corrected chi connectivity index (χ4v) is 4.01. The molecule has 1 fully saturated rings. The number of rotatable bonds is 5. The maximum absolute atomic E-state index is 5.49. The highest BCUT2D eigenvalue weighted by Gasteiger charge is 2.17. The summed E-state index contributed by atoms with van der Waals surface area (Å²) in [6, 6.07) is 10.6. The SMILES string of the molecule is Cc1ccoc1CNc1ccccc1SC1CCCC1. The Labute approximate surface area is 125 Å². The van der Waals surface area contributed by atoms with Crippen molar-refractivity contribution in [2.24, 2.45) is 0 Å². The lowest BCUT2D eigenvalue weighted by atomic mass is 10.2. The van der Waals surface area contributed by atoms with Crippen LogP contribution >= 0.6 is 11.8 Å². The van der Waals surface area contributed by atoms with E-state index in [1.54, 1.807) is 6.26 Å². The molecule has 2 aromatic rings. The van der Waals surface area contributed by atoms with Crippen LogP contribution in [0.2, 0.25) is 0 Å². The summed E-state index contributed by atoms with van der Waals surface area (Å²) in [5, 5.41) is 4.31. The van der Waals surface area contributed by atoms with Crippen molar-refractivity contribution >= 4 is 17.4 Å². The number of anilines is 1. The molecule has 3 rings (SSSR count). The van der Waals surface area contributed by atoms with Gasteiger partial charge in [0, 0.05) is 15.8 Å². The molecular formula is C17H21NOS. The van der Waals surface area contributed by atoms with Gasteiger partial charge < -0.3 is 9.73 Å². The van der Waals surface area contributed by atoms with Crippen LogP contribution in [0.4, 0.5) is 5.69 Å². The fourth-order valence-electron chi connectivity index (χ4n) is 2.66. The molecule has 1 aliphatic carbocycles. The van der Waals surface area contributed by atoms with E-state index >= 15 is 0 Å². The van der Waals surface area contributed by atoms with Crippen LogP contribution in [-0.4, -0.2) is 5.25 Å². The van der Waals surface area contributed by atoms with Crippen molar-refractivity contribution in [3.05, 3.63) is 47.9 Å². The van der Waals surface area contributed by atoms with E-state index in [-0.39, 0.29) is 0 Å². The Morgan fingerprint density at radius 1 is 1.20 bits per heavy atom. The highest BCUT2D eigenvalue weighted by molar-refractivity contribution is 8.00. The third kappa shape index (κ3) is 3.21. The zero-order valence-corrected chi connectivity index (χ0v) is 12.7. The normalized spacial score (nSPS) is 15.7. The maximum Gasteiger partial charge on any atom is 0.125 e. The summed E-state index contributed by atoms with van der Waals surface area (Å²) in [4.78, 5) is 1.36. The summed E-state index contributed by atoms with van der Waals surface area (Å²) in [6.45, 7) is 2.83. The first-order valence-electron chi connectivity index (χ1n) is 7.35. The monoisotopic (exact) mass is 287 g/mol. The van der Waals surface area contributed by atoms with E-state index < -0.39 is 0 Å². The van der Waals surface area contributed by atoms with Gasteiger partial charge in [-0.15, -0.1) is 11.8 Å². The fraction of sp³-hybridized carbons (Fsp3) is 0.412. The van der Waals surface area contributed by atoms with Crippen molar-refractivity contribution < 1.29 is 4.42 Å². The molecule has 1 heterocycles. The van der Waals surface area contributed by atoms with E-state index in [0.717, 1.165) is 17.6 Å². The van der Waals surface area contributed by atoms with Crippen molar-refractivity contribution in [2.75, 3.05) is 5.32 Å². The number of aryl methyl sites for hydroxylation is 1. The van der Waals surface area contributed by atoms with Gasteiger partial charge in [-0.2, -0.15) is 0 Å². The summed E-state index contributed by atoms with van der Waals surface area (Å²) in [7, 11) is 0. The van der Waals surface area contributed by atoms with Gasteiger partial charge in [0.15, 0.2) is 0 Å². The minimum Gasteiger partial charge on any atom is -0.467 e. The summed E-state index contributed by atoms with van der Waals surface area (Å²) in [5.74, 6) is 1.02. The van der Waals surface area contributed by atoms with Crippen LogP contribution in [0.3, 0.4) is 0 Å². The summed E-state index contributed by atoms with van der Waals surface area (Å²) in [6.07, 6.45) is 7.25. The second-order valence-electron chi connectivity index (χ2n) is 5.40. The Hall–Kier alpha value is -1.35. The predicted molar refractivity (Wildman–Crippen MR) is 85.3 cm³/mol. The molecule has 0 aliphatic heterocycles. The Bertz CT molecular complexity index is 558. The third-order valence-corrected chi connectivity index (χ3v) is 5.31. The topological polar surface area (TPSA) is 25.2 Å². The summed E-state index contributed by atoms with van der Waals surface area (Å²) >= 11 is 2.03. The highest BCUT2D eigenvalue weighted by Crippen LogP contribution is 2.38. The number of thioether (sulfide) groups is 1. The van der Waals surface area contributed by atoms with Gasteiger partial charge in [0.2, 0.25) is 0 Å². The van der Waals surface area contributed by atoms with Crippen molar-refractivity contribution in [3.63, 3.8) is 0 Å². The lowest BCUT2D eigenvalue weighted by molar-refractivity contribution is 0.515. The molecule has 1 N–H and O–H groups in total. The average molecular weight is 287 g/mol. The largest absolute Gasteiger partial charge is 0.467 e. The summed E-state index contributed by atoms with van der Waals surface area (Å²) < 4.78 is 5.49. The predicted octanol–water partition coefficient (Wildman–Crippen LogP) is 5.23. The average Bonchev–Trinajstić information content (AvgIpc) is 3.10. The highest BCUT2D eigenvalue weighted by atomic mass is 32.2. The Balaban J connectivity index is 1.67. The van der Waals surface area contributed by atoms with E-state index in [0.29, 0.717) is 0 Å². The number of nitrogens with one attached hydrogen (secondary N) is 1. The molecule has 1 saturated carbocycles. The van der Waals surface area contributed by atoms with E-state index in [1.165, 1.54) is 41.8 Å². The van der Waals surface area contributed by atoms with E-state index in [1.807, 2.05) is 17.8 Å². The van der Waals surface area contributed by atoms with Crippen molar-refractivity contribution in [1.82, 2.24) is 0 Å². The quantitative estimate of drug-likeness (QED) is 0.814. The van der Waals surface area contributed by atoms with Gasteiger partial charge in [-0.25, -0.2) is 0 Å². The van der Waals surface area contributed by atoms with Crippen LogP contribution in [0.1, 0.15) is 37.0 Å². The van der Waals surface area contributed by atoms with Gasteiger partial charge in [-0.05, 0) is 43.5 Å². The molecule has 1 aromatic carbocycles. The van der Waals surface area contributed by atoms with Crippen molar-refractivity contribution in [2.45, 2.75) is 49.3 Å². The zero-order chi connectivity index (χ0) is 13.8. The molecule has 106 valence electrons. The number of hydrogen-bond acceptors (Lipinski definition) is 3. The first-order chi connectivity index (χ1) is 9.83. The standard InChI is InChI=1S/C17H21NOS/c1-13-10-11-19-16(13)12-18-15-8-4-5-9-17(15)20-14-6-2-3-7-14/h4-5,8-11,14,18H,2-3,6-7,12H2,1H3. The molecule has 0 spiro atoms. The number of para-hydroxylation sites is 1. The number of benzene rings is 1. The Morgan fingerprint density at radius 2 is 2.00 bits per heavy atom. The minimum absolute atomic E-state index is 0.751. The molecule has 0 amide bonds. The lowest BCUT2D eigenvalue weighted by Crippen LogP contribution is -2.02. The van der Waals surface area contributed by atoms with Crippen molar-refractivity contribution in [1.29, 1.82) is 0 Å². The van der Waals surface area contributed by atoms with Gasteiger partial charge in [-0.3, -0.25) is 0 Å². The van der Waals surface area contributed by atoms with Crippen LogP contribution in [0.5, 0.6) is 0 Å². The Morgan fingerprint density at radius 3 is 2.75 bits per heavy atom. The second kappa shape index (κ2) is 6.40. The van der Waals surface area contributed by atoms with Gasteiger partial charge in [-0.1, -0.05) is 25.0 Å². The molecular weight excluding hydrogens is 266 g/mol. The molecule has 3 heteroatoms. The van der Waals surface area contributed by atoms with Crippen LogP contribution in [0.25, 0.3) is 0 Å². The van der Waals surface area contributed by atoms with E-state index in [4.69, 9.17) is 4.42 Å². The molecule has 0 radical (unpaired) electrons. The molecule has 1 aromatic heterocycles. The smallest absolute Gasteiger partial charge is 0.125 e. The molecule has 1 aliphatic rings. The van der Waals surface area contributed by atoms with Crippen LogP contribution in [-0.2, 0) is 6.54 Å². The van der Waals surface area contributed by atoms with E-state index in [9.17, 15) is 0 Å². The second-order valence-corrected chi connectivity index (χ2v) is 6.74. The molecule has 0 unspecified atom stereocenters. The van der Waals surface area contributed by atoms with Gasteiger partial charge in [0.05, 0.1) is 12.8 Å². The molecule has 2 nitrogen and oxygen atoms in total. The molecule has 20 heavy (non-hydrogen) atoms. The molecule has 0 saturated heterocycles. The molecule has 0 bridgehead atoms. The first kappa shape index (κ1) is 13.6. The lowest BCUT2D eigenvalue weighted by Gasteiger charge is -2.14.